The zero-order chi connectivity index (χ0) is 18.5. The van der Waals surface area contributed by atoms with Crippen LogP contribution in [0.25, 0.3) is 0 Å². The average Bonchev–Trinajstić information content (AvgIpc) is 2.64. The highest BCUT2D eigenvalue weighted by Gasteiger charge is 2.09. The summed E-state index contributed by atoms with van der Waals surface area (Å²) in [5, 5.41) is 6.64. The largest absolute Gasteiger partial charge is 0.347 e. The number of hydrogen-bond donors (Lipinski definition) is 2. The van der Waals surface area contributed by atoms with Gasteiger partial charge in [0.25, 0.3) is 5.91 Å². The molecule has 2 aromatic carbocycles. The maximum absolute atomic E-state index is 12.3. The summed E-state index contributed by atoms with van der Waals surface area (Å²) in [6.07, 6.45) is 1.56. The number of nitrogens with zero attached hydrogens (tertiary/aromatic N) is 2. The zero-order valence-electron chi connectivity index (χ0n) is 14.6. The van der Waals surface area contributed by atoms with Crippen molar-refractivity contribution in [2.45, 2.75) is 20.4 Å². The molecule has 1 amide bonds. The molecular weight excluding hydrogens is 348 g/mol. The van der Waals surface area contributed by atoms with Crippen molar-refractivity contribution in [2.24, 2.45) is 0 Å². The third-order valence-corrected chi connectivity index (χ3v) is 4.27. The van der Waals surface area contributed by atoms with Crippen LogP contribution in [0.4, 0.5) is 11.6 Å². The molecule has 0 saturated carbocycles. The van der Waals surface area contributed by atoms with E-state index in [0.29, 0.717) is 23.2 Å². The summed E-state index contributed by atoms with van der Waals surface area (Å²) in [7, 11) is 0. The van der Waals surface area contributed by atoms with E-state index in [4.69, 9.17) is 11.6 Å². The van der Waals surface area contributed by atoms with Crippen molar-refractivity contribution in [1.29, 1.82) is 0 Å². The van der Waals surface area contributed by atoms with Gasteiger partial charge in [-0.2, -0.15) is 0 Å². The number of nitrogens with one attached hydrogen (secondary N) is 2. The fraction of sp³-hybridized carbons (Fsp3) is 0.150. The Balaban J connectivity index is 1.66. The van der Waals surface area contributed by atoms with Gasteiger partial charge in [0, 0.05) is 23.5 Å². The van der Waals surface area contributed by atoms with E-state index in [-0.39, 0.29) is 5.91 Å². The van der Waals surface area contributed by atoms with Crippen molar-refractivity contribution in [2.75, 3.05) is 5.32 Å². The van der Waals surface area contributed by atoms with Crippen molar-refractivity contribution in [3.05, 3.63) is 82.1 Å². The van der Waals surface area contributed by atoms with Gasteiger partial charge in [0.1, 0.15) is 5.69 Å². The van der Waals surface area contributed by atoms with E-state index in [2.05, 4.69) is 27.5 Å². The summed E-state index contributed by atoms with van der Waals surface area (Å²) in [5.41, 5.74) is 4.54. The highest BCUT2D eigenvalue weighted by Crippen LogP contribution is 2.17. The Hall–Kier alpha value is -2.92. The predicted molar refractivity (Wildman–Crippen MR) is 104 cm³/mol. The molecule has 0 aliphatic rings. The first-order chi connectivity index (χ1) is 12.5. The van der Waals surface area contributed by atoms with Gasteiger partial charge in [-0.15, -0.1) is 0 Å². The molecule has 0 aliphatic heterocycles. The van der Waals surface area contributed by atoms with Crippen molar-refractivity contribution >= 4 is 29.1 Å². The molecule has 0 aliphatic carbocycles. The van der Waals surface area contributed by atoms with Crippen molar-refractivity contribution < 1.29 is 4.79 Å². The number of carbonyl (C=O) groups excluding carboxylic acids is 1. The van der Waals surface area contributed by atoms with E-state index >= 15 is 0 Å². The number of anilines is 2. The summed E-state index contributed by atoms with van der Waals surface area (Å²) in [5.74, 6) is 0.123. The van der Waals surface area contributed by atoms with E-state index in [1.165, 1.54) is 11.1 Å². The Morgan fingerprint density at radius 3 is 2.54 bits per heavy atom. The minimum Gasteiger partial charge on any atom is -0.347 e. The van der Waals surface area contributed by atoms with Crippen LogP contribution in [0, 0.1) is 13.8 Å². The smallest absolute Gasteiger partial charge is 0.270 e. The fourth-order valence-corrected chi connectivity index (χ4v) is 2.49. The van der Waals surface area contributed by atoms with Gasteiger partial charge in [-0.05, 0) is 60.9 Å². The molecule has 6 heteroatoms. The lowest BCUT2D eigenvalue weighted by Crippen LogP contribution is -2.24. The molecule has 2 N–H and O–H groups in total. The van der Waals surface area contributed by atoms with E-state index in [9.17, 15) is 4.79 Å². The first-order valence-electron chi connectivity index (χ1n) is 8.21. The summed E-state index contributed by atoms with van der Waals surface area (Å²) in [6, 6.07) is 14.9. The molecule has 3 aromatic rings. The molecule has 3 rings (SSSR count). The van der Waals surface area contributed by atoms with Crippen molar-refractivity contribution in [1.82, 2.24) is 15.3 Å². The second-order valence-electron chi connectivity index (χ2n) is 6.00. The molecule has 0 fully saturated rings. The van der Waals surface area contributed by atoms with Crippen LogP contribution in [-0.4, -0.2) is 15.9 Å². The van der Waals surface area contributed by atoms with Gasteiger partial charge in [0.15, 0.2) is 0 Å². The maximum atomic E-state index is 12.3. The first-order valence-corrected chi connectivity index (χ1v) is 8.59. The fourth-order valence-electron chi connectivity index (χ4n) is 2.37. The van der Waals surface area contributed by atoms with Crippen LogP contribution in [0.3, 0.4) is 0 Å². The van der Waals surface area contributed by atoms with Gasteiger partial charge in [-0.3, -0.25) is 4.79 Å². The third-order valence-electron chi connectivity index (χ3n) is 4.02. The Morgan fingerprint density at radius 2 is 1.81 bits per heavy atom. The van der Waals surface area contributed by atoms with Crippen LogP contribution in [0.5, 0.6) is 0 Å². The van der Waals surface area contributed by atoms with Gasteiger partial charge in [-0.1, -0.05) is 29.8 Å². The number of carbonyl (C=O) groups is 1. The number of benzene rings is 2. The number of aromatic nitrogens is 2. The predicted octanol–water partition coefficient (Wildman–Crippen LogP) is 4.42. The highest BCUT2D eigenvalue weighted by molar-refractivity contribution is 6.30. The summed E-state index contributed by atoms with van der Waals surface area (Å²) in [4.78, 5) is 20.8. The number of hydrogen-bond acceptors (Lipinski definition) is 4. The zero-order valence-corrected chi connectivity index (χ0v) is 15.3. The maximum Gasteiger partial charge on any atom is 0.270 e. The Kier molecular flexibility index (Phi) is 5.49. The molecule has 0 radical (unpaired) electrons. The molecule has 0 spiro atoms. The Morgan fingerprint density at radius 1 is 1.04 bits per heavy atom. The minimum absolute atomic E-state index is 0.259. The summed E-state index contributed by atoms with van der Waals surface area (Å²) >= 11 is 5.86. The van der Waals surface area contributed by atoms with Crippen LogP contribution in [0.15, 0.2) is 54.7 Å². The third kappa shape index (κ3) is 4.58. The summed E-state index contributed by atoms with van der Waals surface area (Å²) in [6.45, 7) is 4.50. The number of halogens is 1. The molecular formula is C20H19ClN4O. The molecule has 0 unspecified atom stereocenters. The van der Waals surface area contributed by atoms with E-state index < -0.39 is 0 Å². The normalized spacial score (nSPS) is 10.4. The molecule has 5 nitrogen and oxygen atoms in total. The van der Waals surface area contributed by atoms with Crippen molar-refractivity contribution in [3.63, 3.8) is 0 Å². The highest BCUT2D eigenvalue weighted by atomic mass is 35.5. The number of rotatable bonds is 5. The van der Waals surface area contributed by atoms with E-state index in [0.717, 1.165) is 11.3 Å². The lowest BCUT2D eigenvalue weighted by molar-refractivity contribution is 0.0946. The monoisotopic (exact) mass is 366 g/mol. The standard InChI is InChI=1S/C20H19ClN4O/c1-13-3-8-17(11-14(13)2)24-20-22-10-9-18(25-20)19(26)23-12-15-4-6-16(21)7-5-15/h3-11H,12H2,1-2H3,(H,23,26)(H,22,24,25). The van der Waals surface area contributed by atoms with Gasteiger partial charge in [0.05, 0.1) is 0 Å². The molecule has 26 heavy (non-hydrogen) atoms. The number of aryl methyl sites for hydroxylation is 2. The van der Waals surface area contributed by atoms with Gasteiger partial charge >= 0.3 is 0 Å². The van der Waals surface area contributed by atoms with Crippen LogP contribution in [0.1, 0.15) is 27.2 Å². The molecule has 1 aromatic heterocycles. The van der Waals surface area contributed by atoms with Crippen molar-refractivity contribution in [3.8, 4) is 0 Å². The molecule has 0 saturated heterocycles. The van der Waals surface area contributed by atoms with Crippen LogP contribution < -0.4 is 10.6 Å². The topological polar surface area (TPSA) is 66.9 Å². The first kappa shape index (κ1) is 17.9. The van der Waals surface area contributed by atoms with Crippen LogP contribution in [0.2, 0.25) is 5.02 Å². The van der Waals surface area contributed by atoms with E-state index in [1.807, 2.05) is 37.3 Å². The number of amides is 1. The van der Waals surface area contributed by atoms with Crippen LogP contribution >= 0.6 is 11.6 Å². The molecule has 0 bridgehead atoms. The Bertz CT molecular complexity index is 925. The average molecular weight is 367 g/mol. The lowest BCUT2D eigenvalue weighted by atomic mass is 10.1. The Labute approximate surface area is 157 Å². The SMILES string of the molecule is Cc1ccc(Nc2nccc(C(=O)NCc3ccc(Cl)cc3)n2)cc1C. The lowest BCUT2D eigenvalue weighted by Gasteiger charge is -2.09. The quantitative estimate of drug-likeness (QED) is 0.701. The second kappa shape index (κ2) is 7.97. The van der Waals surface area contributed by atoms with E-state index in [1.54, 1.807) is 24.4 Å². The van der Waals surface area contributed by atoms with Gasteiger partial charge < -0.3 is 10.6 Å². The molecule has 0 atom stereocenters. The van der Waals surface area contributed by atoms with Gasteiger partial charge in [-0.25, -0.2) is 9.97 Å². The second-order valence-corrected chi connectivity index (χ2v) is 6.44. The van der Waals surface area contributed by atoms with Crippen LogP contribution in [-0.2, 0) is 6.54 Å². The molecule has 132 valence electrons. The molecule has 1 heterocycles. The summed E-state index contributed by atoms with van der Waals surface area (Å²) < 4.78 is 0. The van der Waals surface area contributed by atoms with Gasteiger partial charge in [0.2, 0.25) is 5.95 Å². The minimum atomic E-state index is -0.259.